The van der Waals surface area contributed by atoms with Gasteiger partial charge in [0.15, 0.2) is 0 Å². The summed E-state index contributed by atoms with van der Waals surface area (Å²) in [5.74, 6) is 1.80. The van der Waals surface area contributed by atoms with Crippen LogP contribution in [-0.4, -0.2) is 19.4 Å². The van der Waals surface area contributed by atoms with Crippen molar-refractivity contribution in [2.45, 2.75) is 26.7 Å². The topological polar surface area (TPSA) is 21.6 Å². The molecule has 1 aliphatic carbocycles. The fourth-order valence-electron chi connectivity index (χ4n) is 1.60. The lowest BCUT2D eigenvalue weighted by Crippen LogP contribution is -2.02. The van der Waals surface area contributed by atoms with Crippen LogP contribution in [0.1, 0.15) is 30.9 Å². The molecule has 0 atom stereocenters. The highest BCUT2D eigenvalue weighted by molar-refractivity contribution is 5.99. The quantitative estimate of drug-likeness (QED) is 0.710. The van der Waals surface area contributed by atoms with Crippen LogP contribution in [0.2, 0.25) is 0 Å². The summed E-state index contributed by atoms with van der Waals surface area (Å²) in [7, 11) is 1.82. The van der Waals surface area contributed by atoms with Gasteiger partial charge in [0.2, 0.25) is 0 Å². The number of benzene rings is 1. The zero-order chi connectivity index (χ0) is 11.5. The van der Waals surface area contributed by atoms with Crippen LogP contribution in [0.3, 0.4) is 0 Å². The highest BCUT2D eigenvalue weighted by Gasteiger charge is 2.22. The minimum atomic E-state index is 0.795. The van der Waals surface area contributed by atoms with Gasteiger partial charge in [-0.2, -0.15) is 0 Å². The Morgan fingerprint density at radius 2 is 2.19 bits per heavy atom. The maximum absolute atomic E-state index is 5.84. The molecule has 0 amide bonds. The highest BCUT2D eigenvalue weighted by atomic mass is 16.5. The van der Waals surface area contributed by atoms with Gasteiger partial charge in [0.05, 0.1) is 6.61 Å². The Morgan fingerprint density at radius 3 is 2.81 bits per heavy atom. The molecule has 0 N–H and O–H groups in total. The van der Waals surface area contributed by atoms with E-state index in [-0.39, 0.29) is 0 Å². The SMILES string of the molecule is CN=C(C)c1ccc(C)c(OCC2CC2)c1. The van der Waals surface area contributed by atoms with E-state index in [0.717, 1.165) is 29.5 Å². The largest absolute Gasteiger partial charge is 0.493 e. The first-order valence-corrected chi connectivity index (χ1v) is 5.88. The van der Waals surface area contributed by atoms with Crippen LogP contribution in [0.5, 0.6) is 5.75 Å². The van der Waals surface area contributed by atoms with E-state index in [1.165, 1.54) is 18.4 Å². The molecule has 16 heavy (non-hydrogen) atoms. The van der Waals surface area contributed by atoms with Crippen molar-refractivity contribution in [2.75, 3.05) is 13.7 Å². The van der Waals surface area contributed by atoms with E-state index >= 15 is 0 Å². The third-order valence-corrected chi connectivity index (χ3v) is 3.11. The second-order valence-electron chi connectivity index (χ2n) is 4.54. The fourth-order valence-corrected chi connectivity index (χ4v) is 1.60. The summed E-state index contributed by atoms with van der Waals surface area (Å²) in [4.78, 5) is 4.20. The minimum Gasteiger partial charge on any atom is -0.493 e. The van der Waals surface area contributed by atoms with E-state index in [1.807, 2.05) is 14.0 Å². The Hall–Kier alpha value is -1.31. The lowest BCUT2D eigenvalue weighted by Gasteiger charge is -2.10. The van der Waals surface area contributed by atoms with Gasteiger partial charge in [0, 0.05) is 12.8 Å². The highest BCUT2D eigenvalue weighted by Crippen LogP contribution is 2.30. The molecule has 86 valence electrons. The number of hydrogen-bond acceptors (Lipinski definition) is 2. The Labute approximate surface area is 97.4 Å². The number of ether oxygens (including phenoxy) is 1. The first kappa shape index (κ1) is 11.2. The summed E-state index contributed by atoms with van der Waals surface area (Å²) >= 11 is 0. The van der Waals surface area contributed by atoms with Crippen LogP contribution in [-0.2, 0) is 0 Å². The second-order valence-corrected chi connectivity index (χ2v) is 4.54. The van der Waals surface area contributed by atoms with Crippen molar-refractivity contribution >= 4 is 5.71 Å². The first-order valence-electron chi connectivity index (χ1n) is 5.88. The zero-order valence-electron chi connectivity index (χ0n) is 10.3. The molecule has 0 heterocycles. The molecule has 2 heteroatoms. The van der Waals surface area contributed by atoms with Crippen molar-refractivity contribution in [3.8, 4) is 5.75 Å². The number of nitrogens with zero attached hydrogens (tertiary/aromatic N) is 1. The smallest absolute Gasteiger partial charge is 0.122 e. The molecule has 1 aromatic carbocycles. The summed E-state index contributed by atoms with van der Waals surface area (Å²) < 4.78 is 5.84. The number of rotatable bonds is 4. The number of hydrogen-bond donors (Lipinski definition) is 0. The molecule has 2 nitrogen and oxygen atoms in total. The molecule has 0 aromatic heterocycles. The van der Waals surface area contributed by atoms with Crippen LogP contribution in [0.15, 0.2) is 23.2 Å². The van der Waals surface area contributed by atoms with E-state index in [1.54, 1.807) is 0 Å². The third kappa shape index (κ3) is 2.63. The normalized spacial score (nSPS) is 16.3. The van der Waals surface area contributed by atoms with E-state index in [2.05, 4.69) is 30.1 Å². The van der Waals surface area contributed by atoms with Crippen LogP contribution < -0.4 is 4.74 Å². The second kappa shape index (κ2) is 4.69. The van der Waals surface area contributed by atoms with Gasteiger partial charge in [-0.3, -0.25) is 4.99 Å². The third-order valence-electron chi connectivity index (χ3n) is 3.11. The van der Waals surface area contributed by atoms with E-state index in [9.17, 15) is 0 Å². The standard InChI is InChI=1S/C14H19NO/c1-10-4-7-13(11(2)15-3)8-14(10)16-9-12-5-6-12/h4,7-8,12H,5-6,9H2,1-3H3. The zero-order valence-corrected chi connectivity index (χ0v) is 10.3. The van der Waals surface area contributed by atoms with Crippen LogP contribution >= 0.6 is 0 Å². The molecule has 0 unspecified atom stereocenters. The average Bonchev–Trinajstić information content (AvgIpc) is 3.11. The fraction of sp³-hybridized carbons (Fsp3) is 0.500. The summed E-state index contributed by atoms with van der Waals surface area (Å²) in [6.07, 6.45) is 2.66. The predicted molar refractivity (Wildman–Crippen MR) is 67.5 cm³/mol. The van der Waals surface area contributed by atoms with Gasteiger partial charge < -0.3 is 4.74 Å². The first-order chi connectivity index (χ1) is 7.70. The van der Waals surface area contributed by atoms with Gasteiger partial charge in [-0.05, 0) is 49.8 Å². The molecular formula is C14H19NO. The van der Waals surface area contributed by atoms with Crippen LogP contribution in [0, 0.1) is 12.8 Å². The lowest BCUT2D eigenvalue weighted by atomic mass is 10.1. The van der Waals surface area contributed by atoms with Gasteiger partial charge >= 0.3 is 0 Å². The van der Waals surface area contributed by atoms with Gasteiger partial charge in [-0.15, -0.1) is 0 Å². The van der Waals surface area contributed by atoms with Crippen molar-refractivity contribution in [2.24, 2.45) is 10.9 Å². The van der Waals surface area contributed by atoms with Crippen LogP contribution in [0.25, 0.3) is 0 Å². The molecule has 0 saturated heterocycles. The van der Waals surface area contributed by atoms with Gasteiger partial charge in [-0.25, -0.2) is 0 Å². The van der Waals surface area contributed by atoms with E-state index in [0.29, 0.717) is 0 Å². The molecule has 1 fully saturated rings. The molecule has 0 aliphatic heterocycles. The van der Waals surface area contributed by atoms with Crippen molar-refractivity contribution in [1.29, 1.82) is 0 Å². The maximum atomic E-state index is 5.84. The summed E-state index contributed by atoms with van der Waals surface area (Å²) in [6, 6.07) is 6.30. The van der Waals surface area contributed by atoms with Gasteiger partial charge in [-0.1, -0.05) is 12.1 Å². The molecule has 0 spiro atoms. The molecule has 0 radical (unpaired) electrons. The van der Waals surface area contributed by atoms with Crippen molar-refractivity contribution in [1.82, 2.24) is 0 Å². The van der Waals surface area contributed by atoms with Gasteiger partial charge in [0.25, 0.3) is 0 Å². The lowest BCUT2D eigenvalue weighted by molar-refractivity contribution is 0.298. The Morgan fingerprint density at radius 1 is 1.44 bits per heavy atom. The Kier molecular flexibility index (Phi) is 3.28. The van der Waals surface area contributed by atoms with Crippen molar-refractivity contribution in [3.63, 3.8) is 0 Å². The summed E-state index contributed by atoms with van der Waals surface area (Å²) in [5, 5.41) is 0. The average molecular weight is 217 g/mol. The van der Waals surface area contributed by atoms with Crippen molar-refractivity contribution < 1.29 is 4.74 Å². The molecule has 1 aromatic rings. The van der Waals surface area contributed by atoms with E-state index in [4.69, 9.17) is 4.74 Å². The maximum Gasteiger partial charge on any atom is 0.122 e. The number of aryl methyl sites for hydroxylation is 1. The van der Waals surface area contributed by atoms with Crippen LogP contribution in [0.4, 0.5) is 0 Å². The van der Waals surface area contributed by atoms with Crippen molar-refractivity contribution in [3.05, 3.63) is 29.3 Å². The summed E-state index contributed by atoms with van der Waals surface area (Å²) in [5.41, 5.74) is 3.41. The monoisotopic (exact) mass is 217 g/mol. The molecule has 1 aliphatic rings. The van der Waals surface area contributed by atoms with Gasteiger partial charge in [0.1, 0.15) is 5.75 Å². The predicted octanol–water partition coefficient (Wildman–Crippen LogP) is 3.22. The van der Waals surface area contributed by atoms with E-state index < -0.39 is 0 Å². The summed E-state index contributed by atoms with van der Waals surface area (Å²) in [6.45, 7) is 4.98. The molecule has 1 saturated carbocycles. The molecule has 0 bridgehead atoms. The molecule has 2 rings (SSSR count). The minimum absolute atomic E-state index is 0.795. The Balaban J connectivity index is 2.14. The number of aliphatic imine (C=N–C) groups is 1. The molecular weight excluding hydrogens is 198 g/mol. The Bertz CT molecular complexity index is 405.